The normalized spacial score (nSPS) is 19.4. The monoisotopic (exact) mass is 615 g/mol. The van der Waals surface area contributed by atoms with Crippen molar-refractivity contribution in [2.75, 3.05) is 55.9 Å². The predicted octanol–water partition coefficient (Wildman–Crippen LogP) is 5.49. The van der Waals surface area contributed by atoms with Crippen LogP contribution in [0, 0.1) is 11.8 Å². The largest absolute Gasteiger partial charge is 0.494 e. The van der Waals surface area contributed by atoms with E-state index in [2.05, 4.69) is 74.2 Å². The third-order valence-corrected chi connectivity index (χ3v) is 9.47. The molecule has 11 heteroatoms. The lowest BCUT2D eigenvalue weighted by Crippen LogP contribution is -2.27. The van der Waals surface area contributed by atoms with Gasteiger partial charge in [-0.25, -0.2) is 14.6 Å². The molecule has 5 heterocycles. The average Bonchev–Trinajstić information content (AvgIpc) is 3.36. The lowest BCUT2D eigenvalue weighted by molar-refractivity contribution is -0.111. The molecular weight excluding hydrogens is 578 g/mol. The van der Waals surface area contributed by atoms with Gasteiger partial charge < -0.3 is 29.7 Å². The number of para-hydroxylation sites is 1. The van der Waals surface area contributed by atoms with E-state index in [1.807, 2.05) is 24.4 Å². The Bertz CT molecular complexity index is 1930. The van der Waals surface area contributed by atoms with E-state index in [4.69, 9.17) is 14.7 Å². The number of anilines is 4. The molecule has 3 aromatic heterocycles. The third kappa shape index (κ3) is 5.06. The SMILES string of the molecule is C=CC(=O)Nc1cc(Nc2ncc(-n3cccn3)c(-c3cn(C4CC4)c4ccccc34)n2)c(OC)cc1N1CC2CN(C)CC2C1. The zero-order valence-corrected chi connectivity index (χ0v) is 26.1. The molecule has 2 aromatic carbocycles. The molecule has 46 heavy (non-hydrogen) atoms. The van der Waals surface area contributed by atoms with Crippen molar-refractivity contribution in [1.82, 2.24) is 29.2 Å². The standard InChI is InChI=1S/C35H37N9O2/c1-4-33(45)38-27-14-28(32(46-3)15-30(27)42-19-22-17-41(2)18-23(22)20-42)39-35-36-16-31(44-13-7-12-37-44)34(40-35)26-21-43(24-10-11-24)29-9-6-5-8-25(26)29/h4-9,12-16,21-24H,1,10-11,17-20H2,2-3H3,(H,38,45)(H,36,39,40). The Morgan fingerprint density at radius 1 is 1.04 bits per heavy atom. The van der Waals surface area contributed by atoms with Crippen molar-refractivity contribution in [3.8, 4) is 22.7 Å². The van der Waals surface area contributed by atoms with Crippen LogP contribution in [0.15, 0.2) is 79.9 Å². The van der Waals surface area contributed by atoms with Gasteiger partial charge in [-0.1, -0.05) is 24.8 Å². The fourth-order valence-electron chi connectivity index (χ4n) is 7.19. The summed E-state index contributed by atoms with van der Waals surface area (Å²) in [4.78, 5) is 27.1. The quantitative estimate of drug-likeness (QED) is 0.210. The zero-order valence-electron chi connectivity index (χ0n) is 26.1. The van der Waals surface area contributed by atoms with Crippen molar-refractivity contribution >= 4 is 39.8 Å². The Hall–Kier alpha value is -5.16. The fourth-order valence-corrected chi connectivity index (χ4v) is 7.19. The first-order valence-corrected chi connectivity index (χ1v) is 15.8. The smallest absolute Gasteiger partial charge is 0.247 e. The van der Waals surface area contributed by atoms with Crippen molar-refractivity contribution in [3.05, 3.63) is 79.9 Å². The molecule has 2 unspecified atom stereocenters. The number of likely N-dealkylation sites (tertiary alicyclic amines) is 1. The van der Waals surface area contributed by atoms with Gasteiger partial charge in [0.15, 0.2) is 0 Å². The number of hydrogen-bond donors (Lipinski definition) is 2. The second kappa shape index (κ2) is 11.3. The van der Waals surface area contributed by atoms with E-state index in [-0.39, 0.29) is 5.91 Å². The van der Waals surface area contributed by atoms with Crippen LogP contribution in [0.3, 0.4) is 0 Å². The average molecular weight is 616 g/mol. The molecule has 1 amide bonds. The van der Waals surface area contributed by atoms with Gasteiger partial charge >= 0.3 is 0 Å². The molecule has 2 aliphatic heterocycles. The fraction of sp³-hybridized carbons (Fsp3) is 0.314. The number of nitrogens with zero attached hydrogens (tertiary/aromatic N) is 7. The lowest BCUT2D eigenvalue weighted by atomic mass is 10.0. The van der Waals surface area contributed by atoms with Crippen LogP contribution in [0.4, 0.5) is 23.0 Å². The molecule has 3 fully saturated rings. The van der Waals surface area contributed by atoms with Crippen molar-refractivity contribution in [2.24, 2.45) is 11.8 Å². The number of hydrogen-bond acceptors (Lipinski definition) is 8. The topological polar surface area (TPSA) is 105 Å². The second-order valence-corrected chi connectivity index (χ2v) is 12.6. The van der Waals surface area contributed by atoms with Gasteiger partial charge in [0.1, 0.15) is 17.1 Å². The summed E-state index contributed by atoms with van der Waals surface area (Å²) in [5, 5.41) is 12.1. The molecule has 0 bridgehead atoms. The van der Waals surface area contributed by atoms with E-state index in [1.54, 1.807) is 24.2 Å². The third-order valence-electron chi connectivity index (χ3n) is 9.47. The van der Waals surface area contributed by atoms with Crippen LogP contribution < -0.4 is 20.3 Å². The van der Waals surface area contributed by atoms with Crippen LogP contribution >= 0.6 is 0 Å². The molecule has 3 aliphatic rings. The highest BCUT2D eigenvalue weighted by Gasteiger charge is 2.39. The number of benzene rings is 2. The maximum absolute atomic E-state index is 12.6. The van der Waals surface area contributed by atoms with Gasteiger partial charge in [-0.05, 0) is 56.0 Å². The van der Waals surface area contributed by atoms with Crippen molar-refractivity contribution in [3.63, 3.8) is 0 Å². The summed E-state index contributed by atoms with van der Waals surface area (Å²) in [6, 6.07) is 14.8. The van der Waals surface area contributed by atoms with Crippen LogP contribution in [0.2, 0.25) is 0 Å². The minimum atomic E-state index is -0.273. The summed E-state index contributed by atoms with van der Waals surface area (Å²) in [6.45, 7) is 7.69. The number of ether oxygens (including phenoxy) is 1. The number of carbonyl (C=O) groups excluding carboxylic acids is 1. The summed E-state index contributed by atoms with van der Waals surface area (Å²) in [5.74, 6) is 1.96. The first kappa shape index (κ1) is 28.3. The van der Waals surface area contributed by atoms with Crippen LogP contribution in [-0.4, -0.2) is 75.5 Å². The van der Waals surface area contributed by atoms with E-state index in [9.17, 15) is 4.79 Å². The molecule has 5 aromatic rings. The number of nitrogens with one attached hydrogen (secondary N) is 2. The first-order valence-electron chi connectivity index (χ1n) is 15.8. The maximum atomic E-state index is 12.6. The number of aromatic nitrogens is 5. The van der Waals surface area contributed by atoms with E-state index >= 15 is 0 Å². The Morgan fingerprint density at radius 3 is 2.57 bits per heavy atom. The molecular formula is C35H37N9O2. The van der Waals surface area contributed by atoms with Crippen LogP contribution in [-0.2, 0) is 4.79 Å². The van der Waals surface area contributed by atoms with Gasteiger partial charge in [0.2, 0.25) is 11.9 Å². The molecule has 8 rings (SSSR count). The van der Waals surface area contributed by atoms with Gasteiger partial charge in [0.05, 0.1) is 30.4 Å². The van der Waals surface area contributed by atoms with Gasteiger partial charge in [-0.15, -0.1) is 0 Å². The number of methoxy groups -OCH3 is 1. The van der Waals surface area contributed by atoms with Crippen LogP contribution in [0.1, 0.15) is 18.9 Å². The highest BCUT2D eigenvalue weighted by atomic mass is 16.5. The molecule has 2 N–H and O–H groups in total. The highest BCUT2D eigenvalue weighted by Crippen LogP contribution is 2.44. The van der Waals surface area contributed by atoms with Gasteiger partial charge in [-0.2, -0.15) is 5.10 Å². The molecule has 0 radical (unpaired) electrons. The van der Waals surface area contributed by atoms with Crippen molar-refractivity contribution in [1.29, 1.82) is 0 Å². The molecule has 0 spiro atoms. The summed E-state index contributed by atoms with van der Waals surface area (Å²) in [5.41, 5.74) is 6.01. The first-order chi connectivity index (χ1) is 22.5. The van der Waals surface area contributed by atoms with E-state index in [1.165, 1.54) is 24.4 Å². The molecule has 2 atom stereocenters. The Morgan fingerprint density at radius 2 is 1.85 bits per heavy atom. The molecule has 1 aliphatic carbocycles. The van der Waals surface area contributed by atoms with E-state index < -0.39 is 0 Å². The number of fused-ring (bicyclic) bond motifs is 2. The summed E-state index contributed by atoms with van der Waals surface area (Å²) in [7, 11) is 3.84. The Labute approximate surface area is 267 Å². The van der Waals surface area contributed by atoms with Gasteiger partial charge in [-0.3, -0.25) is 4.79 Å². The van der Waals surface area contributed by atoms with Crippen LogP contribution in [0.5, 0.6) is 5.75 Å². The molecule has 11 nitrogen and oxygen atoms in total. The van der Waals surface area contributed by atoms with Gasteiger partial charge in [0.25, 0.3) is 0 Å². The minimum Gasteiger partial charge on any atom is -0.494 e. The lowest BCUT2D eigenvalue weighted by Gasteiger charge is -2.26. The van der Waals surface area contributed by atoms with E-state index in [0.29, 0.717) is 41.0 Å². The number of rotatable bonds is 9. The summed E-state index contributed by atoms with van der Waals surface area (Å²) >= 11 is 0. The second-order valence-electron chi connectivity index (χ2n) is 12.6. The van der Waals surface area contributed by atoms with Crippen LogP contribution in [0.25, 0.3) is 27.8 Å². The van der Waals surface area contributed by atoms with E-state index in [0.717, 1.165) is 54.2 Å². The van der Waals surface area contributed by atoms with Gasteiger partial charge in [0, 0.05) is 73.3 Å². The maximum Gasteiger partial charge on any atom is 0.247 e. The predicted molar refractivity (Wildman–Crippen MR) is 180 cm³/mol. The highest BCUT2D eigenvalue weighted by molar-refractivity contribution is 6.02. The molecule has 234 valence electrons. The molecule has 2 saturated heterocycles. The number of carbonyl (C=O) groups is 1. The minimum absolute atomic E-state index is 0.273. The van der Waals surface area contributed by atoms with Crippen molar-refractivity contribution in [2.45, 2.75) is 18.9 Å². The Balaban J connectivity index is 1.20. The Kier molecular flexibility index (Phi) is 6.97. The molecule has 1 saturated carbocycles. The summed E-state index contributed by atoms with van der Waals surface area (Å²) in [6.07, 6.45) is 11.3. The van der Waals surface area contributed by atoms with Crippen molar-refractivity contribution < 1.29 is 9.53 Å². The number of amides is 1. The zero-order chi connectivity index (χ0) is 31.4. The summed E-state index contributed by atoms with van der Waals surface area (Å²) < 4.78 is 10.1.